The molecule has 2 amide bonds. The molecular formula is C17H15FN2O3. The number of benzene rings is 1. The van der Waals surface area contributed by atoms with Gasteiger partial charge in [0.25, 0.3) is 11.8 Å². The summed E-state index contributed by atoms with van der Waals surface area (Å²) in [7, 11) is 0. The number of amides is 2. The fourth-order valence-corrected chi connectivity index (χ4v) is 2.91. The molecule has 5 nitrogen and oxygen atoms in total. The molecule has 118 valence electrons. The maximum Gasteiger partial charge on any atom is 0.261 e. The fourth-order valence-electron chi connectivity index (χ4n) is 2.91. The summed E-state index contributed by atoms with van der Waals surface area (Å²) in [5, 5.41) is 8.77. The van der Waals surface area contributed by atoms with Gasteiger partial charge in [-0.2, -0.15) is 5.26 Å². The van der Waals surface area contributed by atoms with E-state index in [1.807, 2.05) is 6.07 Å². The predicted octanol–water partition coefficient (Wildman–Crippen LogP) is 2.86. The van der Waals surface area contributed by atoms with Crippen molar-refractivity contribution in [2.24, 2.45) is 0 Å². The Morgan fingerprint density at radius 2 is 1.83 bits per heavy atom. The van der Waals surface area contributed by atoms with E-state index in [9.17, 15) is 14.0 Å². The first-order chi connectivity index (χ1) is 11.0. The van der Waals surface area contributed by atoms with Gasteiger partial charge in [-0.3, -0.25) is 9.59 Å². The fraction of sp³-hybridized carbons (Fsp3) is 0.353. The summed E-state index contributed by atoms with van der Waals surface area (Å²) in [6.45, 7) is 1.48. The minimum Gasteiger partial charge on any atom is -0.473 e. The van der Waals surface area contributed by atoms with E-state index in [-0.39, 0.29) is 23.3 Å². The van der Waals surface area contributed by atoms with Crippen molar-refractivity contribution >= 4 is 17.5 Å². The molecule has 3 rings (SSSR count). The summed E-state index contributed by atoms with van der Waals surface area (Å²) < 4.78 is 19.0. The van der Waals surface area contributed by atoms with Crippen LogP contribution in [-0.4, -0.2) is 17.9 Å². The van der Waals surface area contributed by atoms with E-state index in [0.29, 0.717) is 24.0 Å². The first kappa shape index (κ1) is 15.2. The Morgan fingerprint density at radius 1 is 1.22 bits per heavy atom. The molecule has 6 heteroatoms. The van der Waals surface area contributed by atoms with Crippen molar-refractivity contribution < 1.29 is 18.7 Å². The number of hydrogen-bond acceptors (Lipinski definition) is 4. The van der Waals surface area contributed by atoms with E-state index in [0.717, 1.165) is 23.8 Å². The van der Waals surface area contributed by atoms with E-state index in [1.165, 1.54) is 19.1 Å². The van der Waals surface area contributed by atoms with Gasteiger partial charge in [0.05, 0.1) is 5.69 Å². The number of nitrogens with zero attached hydrogens (tertiary/aromatic N) is 2. The smallest absolute Gasteiger partial charge is 0.261 e. The van der Waals surface area contributed by atoms with Crippen LogP contribution in [0.2, 0.25) is 0 Å². The van der Waals surface area contributed by atoms with Crippen LogP contribution in [0, 0.1) is 17.1 Å². The molecule has 2 aliphatic rings. The Morgan fingerprint density at radius 3 is 2.39 bits per heavy atom. The SMILES string of the molecule is CC(C#N)Oc1cc(N2C(=O)C3=C(CCCC3)C2=O)ccc1F. The van der Waals surface area contributed by atoms with Gasteiger partial charge < -0.3 is 4.74 Å². The number of carbonyl (C=O) groups excluding carboxylic acids is 2. The van der Waals surface area contributed by atoms with Gasteiger partial charge in [-0.15, -0.1) is 0 Å². The predicted molar refractivity (Wildman–Crippen MR) is 80.1 cm³/mol. The van der Waals surface area contributed by atoms with Crippen molar-refractivity contribution in [3.8, 4) is 11.8 Å². The van der Waals surface area contributed by atoms with Gasteiger partial charge in [0.1, 0.15) is 6.07 Å². The lowest BCUT2D eigenvalue weighted by atomic mass is 9.93. The summed E-state index contributed by atoms with van der Waals surface area (Å²) in [6, 6.07) is 5.63. The minimum absolute atomic E-state index is 0.151. The quantitative estimate of drug-likeness (QED) is 0.804. The van der Waals surface area contributed by atoms with E-state index in [1.54, 1.807) is 0 Å². The largest absolute Gasteiger partial charge is 0.473 e. The third-order valence-corrected chi connectivity index (χ3v) is 4.05. The zero-order chi connectivity index (χ0) is 16.6. The highest BCUT2D eigenvalue weighted by Crippen LogP contribution is 2.37. The zero-order valence-corrected chi connectivity index (χ0v) is 12.6. The molecule has 1 aliphatic heterocycles. The molecular weight excluding hydrogens is 299 g/mol. The molecule has 1 atom stereocenters. The van der Waals surface area contributed by atoms with Crippen molar-refractivity contribution in [3.05, 3.63) is 35.2 Å². The van der Waals surface area contributed by atoms with Gasteiger partial charge in [0.15, 0.2) is 17.7 Å². The Balaban J connectivity index is 1.94. The van der Waals surface area contributed by atoms with Crippen LogP contribution in [0.3, 0.4) is 0 Å². The van der Waals surface area contributed by atoms with E-state index >= 15 is 0 Å². The topological polar surface area (TPSA) is 70.4 Å². The molecule has 1 unspecified atom stereocenters. The lowest BCUT2D eigenvalue weighted by Crippen LogP contribution is -2.31. The standard InChI is InChI=1S/C17H15FN2O3/c1-10(9-19)23-15-8-11(6-7-14(15)18)20-16(21)12-4-2-3-5-13(12)17(20)22/h6-8,10H,2-5H2,1H3. The summed E-state index contributed by atoms with van der Waals surface area (Å²) in [5.41, 5.74) is 1.40. The number of halogens is 1. The average Bonchev–Trinajstić information content (AvgIpc) is 2.81. The van der Waals surface area contributed by atoms with Gasteiger partial charge in [0, 0.05) is 17.2 Å². The minimum atomic E-state index is -0.837. The van der Waals surface area contributed by atoms with Crippen LogP contribution in [0.15, 0.2) is 29.3 Å². The maximum absolute atomic E-state index is 13.8. The van der Waals surface area contributed by atoms with Gasteiger partial charge in [0.2, 0.25) is 0 Å². The first-order valence-electron chi connectivity index (χ1n) is 7.49. The van der Waals surface area contributed by atoms with Crippen molar-refractivity contribution in [1.82, 2.24) is 0 Å². The van der Waals surface area contributed by atoms with Gasteiger partial charge in [-0.25, -0.2) is 9.29 Å². The van der Waals surface area contributed by atoms with Crippen LogP contribution in [0.1, 0.15) is 32.6 Å². The molecule has 23 heavy (non-hydrogen) atoms. The summed E-state index contributed by atoms with van der Waals surface area (Å²) in [4.78, 5) is 26.0. The molecule has 1 aromatic rings. The number of rotatable bonds is 3. The van der Waals surface area contributed by atoms with E-state index in [4.69, 9.17) is 10.00 Å². The third kappa shape index (κ3) is 2.59. The summed E-state index contributed by atoms with van der Waals surface area (Å²) in [5.74, 6) is -1.47. The lowest BCUT2D eigenvalue weighted by Gasteiger charge is -2.17. The lowest BCUT2D eigenvalue weighted by molar-refractivity contribution is -0.120. The maximum atomic E-state index is 13.8. The second-order valence-electron chi connectivity index (χ2n) is 5.61. The van der Waals surface area contributed by atoms with Crippen molar-refractivity contribution in [2.75, 3.05) is 4.90 Å². The van der Waals surface area contributed by atoms with Crippen molar-refractivity contribution in [3.63, 3.8) is 0 Å². The van der Waals surface area contributed by atoms with E-state index < -0.39 is 11.9 Å². The van der Waals surface area contributed by atoms with Gasteiger partial charge in [-0.1, -0.05) is 0 Å². The van der Waals surface area contributed by atoms with Crippen molar-refractivity contribution in [1.29, 1.82) is 5.26 Å². The highest BCUT2D eigenvalue weighted by molar-refractivity contribution is 6.33. The van der Waals surface area contributed by atoms with Gasteiger partial charge >= 0.3 is 0 Å². The molecule has 1 aliphatic carbocycles. The number of nitriles is 1. The molecule has 1 aromatic carbocycles. The highest BCUT2D eigenvalue weighted by Gasteiger charge is 2.39. The Hall–Kier alpha value is -2.68. The van der Waals surface area contributed by atoms with Crippen LogP contribution < -0.4 is 9.64 Å². The number of hydrogen-bond donors (Lipinski definition) is 0. The van der Waals surface area contributed by atoms with Crippen molar-refractivity contribution in [2.45, 2.75) is 38.7 Å². The number of imide groups is 1. The monoisotopic (exact) mass is 314 g/mol. The molecule has 0 aromatic heterocycles. The zero-order valence-electron chi connectivity index (χ0n) is 12.6. The van der Waals surface area contributed by atoms with Crippen LogP contribution in [0.5, 0.6) is 5.75 Å². The Bertz CT molecular complexity index is 736. The molecule has 0 bridgehead atoms. The average molecular weight is 314 g/mol. The highest BCUT2D eigenvalue weighted by atomic mass is 19.1. The molecule has 0 fully saturated rings. The molecule has 0 spiro atoms. The summed E-state index contributed by atoms with van der Waals surface area (Å²) >= 11 is 0. The van der Waals surface area contributed by atoms with Crippen LogP contribution in [-0.2, 0) is 9.59 Å². The van der Waals surface area contributed by atoms with Crippen LogP contribution in [0.25, 0.3) is 0 Å². The molecule has 1 heterocycles. The number of ether oxygens (including phenoxy) is 1. The molecule has 0 radical (unpaired) electrons. The number of carbonyl (C=O) groups is 2. The Labute approximate surface area is 132 Å². The second kappa shape index (κ2) is 5.84. The summed E-state index contributed by atoms with van der Waals surface area (Å²) in [6.07, 6.45) is 2.15. The molecule has 0 saturated heterocycles. The second-order valence-corrected chi connectivity index (χ2v) is 5.61. The third-order valence-electron chi connectivity index (χ3n) is 4.05. The Kier molecular flexibility index (Phi) is 3.87. The van der Waals surface area contributed by atoms with Crippen LogP contribution in [0.4, 0.5) is 10.1 Å². The van der Waals surface area contributed by atoms with E-state index in [2.05, 4.69) is 0 Å². The normalized spacial score (nSPS) is 18.7. The first-order valence-corrected chi connectivity index (χ1v) is 7.49. The number of anilines is 1. The van der Waals surface area contributed by atoms with Crippen LogP contribution >= 0.6 is 0 Å². The van der Waals surface area contributed by atoms with Gasteiger partial charge in [-0.05, 0) is 44.7 Å². The molecule has 0 saturated carbocycles. The molecule has 0 N–H and O–H groups in total.